The van der Waals surface area contributed by atoms with E-state index in [-0.39, 0.29) is 24.0 Å². The van der Waals surface area contributed by atoms with Gasteiger partial charge in [0.15, 0.2) is 0 Å². The van der Waals surface area contributed by atoms with Crippen molar-refractivity contribution >= 4 is 17.9 Å². The van der Waals surface area contributed by atoms with E-state index in [0.717, 1.165) is 90.0 Å². The molecule has 0 spiro atoms. The van der Waals surface area contributed by atoms with Gasteiger partial charge in [-0.2, -0.15) is 0 Å². The van der Waals surface area contributed by atoms with Gasteiger partial charge in [0.1, 0.15) is 19.3 Å². The lowest BCUT2D eigenvalue weighted by molar-refractivity contribution is -0.150. The van der Waals surface area contributed by atoms with Gasteiger partial charge in [0.05, 0.1) is 0 Å². The first kappa shape index (κ1) is 51.9. The molecule has 0 saturated carbocycles. The number of ether oxygens (including phenoxy) is 3. The van der Waals surface area contributed by atoms with E-state index < -0.39 is 0 Å². The number of esters is 3. The Balaban J connectivity index is 4.36. The summed E-state index contributed by atoms with van der Waals surface area (Å²) < 4.78 is 16.9. The number of nitrogens with zero attached hydrogens (tertiary/aromatic N) is 1. The van der Waals surface area contributed by atoms with Crippen molar-refractivity contribution in [2.75, 3.05) is 33.9 Å². The van der Waals surface area contributed by atoms with Crippen molar-refractivity contribution in [3.63, 3.8) is 0 Å². The number of unbranched alkanes of at least 4 members (excludes halogenated alkanes) is 8. The molecular formula is C47H87NO6. The Hall–Kier alpha value is -2.15. The summed E-state index contributed by atoms with van der Waals surface area (Å²) in [5, 5.41) is 0. The molecule has 0 heterocycles. The second-order valence-corrected chi connectivity index (χ2v) is 17.6. The van der Waals surface area contributed by atoms with Gasteiger partial charge in [-0.05, 0) is 114 Å². The van der Waals surface area contributed by atoms with Crippen LogP contribution in [0.3, 0.4) is 0 Å². The largest absolute Gasteiger partial charge is 0.462 e. The topological polar surface area (TPSA) is 82.1 Å². The molecule has 0 aromatic rings. The van der Waals surface area contributed by atoms with Gasteiger partial charge in [0.25, 0.3) is 0 Å². The fourth-order valence-corrected chi connectivity index (χ4v) is 6.63. The molecule has 0 saturated heterocycles. The van der Waals surface area contributed by atoms with Gasteiger partial charge in [-0.1, -0.05) is 131 Å². The number of carbonyl (C=O) groups excluding carboxylic acids is 3. The molecule has 0 rings (SSSR count). The number of allylic oxidation sites excluding steroid dienone is 2. The van der Waals surface area contributed by atoms with Gasteiger partial charge in [-0.25, -0.2) is 0 Å². The second kappa shape index (κ2) is 34.1. The van der Waals surface area contributed by atoms with E-state index in [4.69, 9.17) is 14.2 Å². The maximum absolute atomic E-state index is 12.6. The van der Waals surface area contributed by atoms with Gasteiger partial charge >= 0.3 is 17.9 Å². The third-order valence-electron chi connectivity index (χ3n) is 10.4. The summed E-state index contributed by atoms with van der Waals surface area (Å²) in [5.74, 6) is 3.35. The highest BCUT2D eigenvalue weighted by Gasteiger charge is 2.15. The molecule has 7 nitrogen and oxygen atoms in total. The first-order valence-corrected chi connectivity index (χ1v) is 22.2. The van der Waals surface area contributed by atoms with Gasteiger partial charge in [-0.15, -0.1) is 0 Å². The molecule has 54 heavy (non-hydrogen) atoms. The minimum atomic E-state index is -0.111. The van der Waals surface area contributed by atoms with Crippen LogP contribution in [0, 0.1) is 35.5 Å². The van der Waals surface area contributed by atoms with E-state index in [1.807, 2.05) is 26.2 Å². The lowest BCUT2D eigenvalue weighted by atomic mass is 9.88. The summed E-state index contributed by atoms with van der Waals surface area (Å²) in [6.45, 7) is 19.7. The van der Waals surface area contributed by atoms with Crippen LogP contribution in [0.25, 0.3) is 0 Å². The molecule has 316 valence electrons. The van der Waals surface area contributed by atoms with Crippen molar-refractivity contribution < 1.29 is 28.6 Å². The molecule has 0 radical (unpaired) electrons. The molecule has 0 aromatic heterocycles. The zero-order valence-electron chi connectivity index (χ0n) is 37.0. The van der Waals surface area contributed by atoms with Crippen LogP contribution in [0.1, 0.15) is 184 Å². The van der Waals surface area contributed by atoms with Crippen molar-refractivity contribution in [2.45, 2.75) is 190 Å². The van der Waals surface area contributed by atoms with Gasteiger partial charge in [0.2, 0.25) is 0 Å². The van der Waals surface area contributed by atoms with Crippen LogP contribution in [0.15, 0.2) is 24.3 Å². The van der Waals surface area contributed by atoms with E-state index >= 15 is 0 Å². The predicted molar refractivity (Wildman–Crippen MR) is 227 cm³/mol. The van der Waals surface area contributed by atoms with E-state index in [2.05, 4.69) is 72.4 Å². The van der Waals surface area contributed by atoms with Crippen LogP contribution in [0.5, 0.6) is 0 Å². The molecule has 0 aliphatic carbocycles. The molecule has 0 N–H and O–H groups in total. The van der Waals surface area contributed by atoms with E-state index in [0.29, 0.717) is 68.0 Å². The molecule has 2 atom stereocenters. The fraction of sp³-hybridized carbons (Fsp3) is 0.851. The molecule has 2 unspecified atom stereocenters. The Labute approximate surface area is 334 Å². The average Bonchev–Trinajstić information content (AvgIpc) is 3.09. The monoisotopic (exact) mass is 762 g/mol. The predicted octanol–water partition coefficient (Wildman–Crippen LogP) is 12.3. The lowest BCUT2D eigenvalue weighted by Crippen LogP contribution is -2.20. The lowest BCUT2D eigenvalue weighted by Gasteiger charge is -2.18. The maximum atomic E-state index is 12.6. The highest BCUT2D eigenvalue weighted by molar-refractivity contribution is 5.70. The summed E-state index contributed by atoms with van der Waals surface area (Å²) in [5.41, 5.74) is 0. The van der Waals surface area contributed by atoms with Crippen molar-refractivity contribution in [3.05, 3.63) is 24.3 Å². The van der Waals surface area contributed by atoms with Crippen LogP contribution in [0.4, 0.5) is 0 Å². The summed E-state index contributed by atoms with van der Waals surface area (Å²) in [6.07, 6.45) is 27.3. The zero-order valence-corrected chi connectivity index (χ0v) is 37.0. The first-order chi connectivity index (χ1) is 25.7. The molecule has 0 bridgehead atoms. The fourth-order valence-electron chi connectivity index (χ4n) is 6.63. The van der Waals surface area contributed by atoms with Crippen molar-refractivity contribution in [1.82, 2.24) is 4.90 Å². The standard InChI is InChI=1S/C47H87NO6/c1-38(2)31-33-42(40(5)6)24-22-36-52-45(49)28-19-15-11-13-17-26-44(54-47(51)30-21-35-48(9)10)27-18-14-12-16-20-29-46(50)53-37-23-25-43(41(7)8)34-32-39(3)4/h22-25,38-44H,11-21,26-37H2,1-10H3/b24-22+,25-23+. The van der Waals surface area contributed by atoms with Crippen LogP contribution in [-0.2, 0) is 28.6 Å². The first-order valence-electron chi connectivity index (χ1n) is 22.2. The van der Waals surface area contributed by atoms with Crippen LogP contribution in [0.2, 0.25) is 0 Å². The summed E-state index contributed by atoms with van der Waals surface area (Å²) in [4.78, 5) is 39.1. The van der Waals surface area contributed by atoms with Gasteiger partial charge < -0.3 is 19.1 Å². The SMILES string of the molecule is CC(C)CCC(/C=C/COC(=O)CCCCCCCC(CCCCCCCC(=O)OC/C=C/C(CCC(C)C)C(C)C)OC(=O)CCCN(C)C)C(C)C. The third kappa shape index (κ3) is 33.2. The zero-order chi connectivity index (χ0) is 40.6. The Bertz CT molecular complexity index is 921. The van der Waals surface area contributed by atoms with Crippen LogP contribution < -0.4 is 0 Å². The molecule has 0 aromatic carbocycles. The van der Waals surface area contributed by atoms with Crippen molar-refractivity contribution in [3.8, 4) is 0 Å². The minimum absolute atomic E-state index is 0.0377. The highest BCUT2D eigenvalue weighted by Crippen LogP contribution is 2.23. The molecular weight excluding hydrogens is 675 g/mol. The van der Waals surface area contributed by atoms with Crippen molar-refractivity contribution in [2.24, 2.45) is 35.5 Å². The van der Waals surface area contributed by atoms with E-state index in [1.54, 1.807) is 0 Å². The molecule has 0 amide bonds. The van der Waals surface area contributed by atoms with Crippen molar-refractivity contribution in [1.29, 1.82) is 0 Å². The number of rotatable bonds is 35. The molecule has 0 aliphatic rings. The van der Waals surface area contributed by atoms with Crippen LogP contribution >= 0.6 is 0 Å². The Morgan fingerprint density at radius 1 is 0.481 bits per heavy atom. The summed E-state index contributed by atoms with van der Waals surface area (Å²) >= 11 is 0. The second-order valence-electron chi connectivity index (χ2n) is 17.6. The average molecular weight is 762 g/mol. The minimum Gasteiger partial charge on any atom is -0.462 e. The summed E-state index contributed by atoms with van der Waals surface area (Å²) in [6, 6.07) is 0. The summed E-state index contributed by atoms with van der Waals surface area (Å²) in [7, 11) is 4.04. The van der Waals surface area contributed by atoms with E-state index in [9.17, 15) is 14.4 Å². The Morgan fingerprint density at radius 3 is 1.26 bits per heavy atom. The van der Waals surface area contributed by atoms with Gasteiger partial charge in [-0.3, -0.25) is 14.4 Å². The highest BCUT2D eigenvalue weighted by atomic mass is 16.5. The number of carbonyl (C=O) groups is 3. The Morgan fingerprint density at radius 2 is 0.870 bits per heavy atom. The van der Waals surface area contributed by atoms with E-state index in [1.165, 1.54) is 25.7 Å². The molecule has 7 heteroatoms. The molecule has 0 fully saturated rings. The number of hydrogen-bond acceptors (Lipinski definition) is 7. The normalized spacial score (nSPS) is 13.9. The molecule has 0 aliphatic heterocycles. The maximum Gasteiger partial charge on any atom is 0.306 e. The quantitative estimate of drug-likeness (QED) is 0.0275. The number of hydrogen-bond donors (Lipinski definition) is 0. The van der Waals surface area contributed by atoms with Crippen LogP contribution in [-0.4, -0.2) is 62.8 Å². The third-order valence-corrected chi connectivity index (χ3v) is 10.4. The van der Waals surface area contributed by atoms with Gasteiger partial charge in [0, 0.05) is 19.3 Å². The Kier molecular flexibility index (Phi) is 32.8. The smallest absolute Gasteiger partial charge is 0.306 e.